The molecule has 1 amide bonds. The second-order valence-corrected chi connectivity index (χ2v) is 8.19. The molecule has 30 heavy (non-hydrogen) atoms. The first-order chi connectivity index (χ1) is 14.5. The Morgan fingerprint density at radius 3 is 2.53 bits per heavy atom. The summed E-state index contributed by atoms with van der Waals surface area (Å²) in [4.78, 5) is 14.7. The zero-order valence-corrected chi connectivity index (χ0v) is 18.4. The summed E-state index contributed by atoms with van der Waals surface area (Å²) in [6.07, 6.45) is 3.24. The molecule has 1 aliphatic rings. The minimum Gasteiger partial charge on any atom is -0.497 e. The van der Waals surface area contributed by atoms with Crippen LogP contribution in [0.2, 0.25) is 0 Å². The first-order valence-corrected chi connectivity index (χ1v) is 10.9. The van der Waals surface area contributed by atoms with Crippen molar-refractivity contribution >= 4 is 5.91 Å². The van der Waals surface area contributed by atoms with Crippen molar-refractivity contribution in [3.05, 3.63) is 59.2 Å². The molecule has 0 unspecified atom stereocenters. The lowest BCUT2D eigenvalue weighted by Gasteiger charge is -2.32. The van der Waals surface area contributed by atoms with Gasteiger partial charge in [-0.1, -0.05) is 24.3 Å². The van der Waals surface area contributed by atoms with Crippen molar-refractivity contribution in [1.82, 2.24) is 10.2 Å². The number of piperidine rings is 1. The van der Waals surface area contributed by atoms with Crippen molar-refractivity contribution < 1.29 is 14.3 Å². The van der Waals surface area contributed by atoms with E-state index in [1.807, 2.05) is 19.1 Å². The third-order valence-corrected chi connectivity index (χ3v) is 5.67. The molecule has 2 aromatic rings. The summed E-state index contributed by atoms with van der Waals surface area (Å²) in [5.41, 5.74) is 3.61. The molecule has 1 aliphatic heterocycles. The zero-order valence-electron chi connectivity index (χ0n) is 18.4. The molecule has 0 aromatic heterocycles. The molecule has 5 heteroatoms. The number of ether oxygens (including phenoxy) is 2. The van der Waals surface area contributed by atoms with Crippen LogP contribution in [0.3, 0.4) is 0 Å². The second-order valence-electron chi connectivity index (χ2n) is 8.19. The van der Waals surface area contributed by atoms with E-state index >= 15 is 0 Å². The van der Waals surface area contributed by atoms with Crippen molar-refractivity contribution in [2.24, 2.45) is 0 Å². The lowest BCUT2D eigenvalue weighted by molar-refractivity contribution is -0.122. The molecule has 0 atom stereocenters. The van der Waals surface area contributed by atoms with Crippen molar-refractivity contribution in [1.29, 1.82) is 0 Å². The lowest BCUT2D eigenvalue weighted by atomic mass is 10.0. The fraction of sp³-hybridized carbons (Fsp3) is 0.480. The predicted molar refractivity (Wildman–Crippen MR) is 120 cm³/mol. The van der Waals surface area contributed by atoms with Gasteiger partial charge in [0.05, 0.1) is 13.7 Å². The maximum absolute atomic E-state index is 12.3. The molecule has 1 heterocycles. The van der Waals surface area contributed by atoms with Crippen LogP contribution in [0.25, 0.3) is 0 Å². The van der Waals surface area contributed by atoms with Crippen LogP contribution in [-0.4, -0.2) is 43.7 Å². The average molecular weight is 411 g/mol. The van der Waals surface area contributed by atoms with Crippen LogP contribution >= 0.6 is 0 Å². The molecule has 162 valence electrons. The molecule has 3 rings (SSSR count). The minimum absolute atomic E-state index is 0.133. The van der Waals surface area contributed by atoms with E-state index in [4.69, 9.17) is 9.47 Å². The van der Waals surface area contributed by atoms with Crippen LogP contribution in [0.1, 0.15) is 42.4 Å². The van der Waals surface area contributed by atoms with Crippen LogP contribution in [-0.2, 0) is 11.3 Å². The number of benzene rings is 2. The van der Waals surface area contributed by atoms with Crippen LogP contribution in [0.4, 0.5) is 0 Å². The van der Waals surface area contributed by atoms with Crippen molar-refractivity contribution in [2.45, 2.75) is 52.1 Å². The summed E-state index contributed by atoms with van der Waals surface area (Å²) in [7, 11) is 1.69. The Labute approximate surface area is 180 Å². The number of nitrogens with zero attached hydrogens (tertiary/aromatic N) is 1. The molecule has 1 fully saturated rings. The van der Waals surface area contributed by atoms with E-state index in [-0.39, 0.29) is 11.9 Å². The number of hydrogen-bond donors (Lipinski definition) is 1. The number of methoxy groups -OCH3 is 1. The SMILES string of the molecule is COc1ccc(CN2CCC(NC(=O)CCCOc3cc(C)ccc3C)CC2)cc1. The van der Waals surface area contributed by atoms with Gasteiger partial charge in [0.2, 0.25) is 5.91 Å². The van der Waals surface area contributed by atoms with Gasteiger partial charge in [0.15, 0.2) is 0 Å². The van der Waals surface area contributed by atoms with Crippen molar-refractivity contribution in [3.63, 3.8) is 0 Å². The molecule has 1 saturated heterocycles. The molecule has 0 radical (unpaired) electrons. The summed E-state index contributed by atoms with van der Waals surface area (Å²) >= 11 is 0. The van der Waals surface area contributed by atoms with Gasteiger partial charge in [-0.05, 0) is 68.0 Å². The molecule has 0 saturated carbocycles. The quantitative estimate of drug-likeness (QED) is 0.628. The van der Waals surface area contributed by atoms with Crippen LogP contribution in [0.15, 0.2) is 42.5 Å². The average Bonchev–Trinajstić information content (AvgIpc) is 2.75. The Kier molecular flexibility index (Phi) is 8.14. The molecule has 1 N–H and O–H groups in total. The summed E-state index contributed by atoms with van der Waals surface area (Å²) in [5.74, 6) is 1.94. The fourth-order valence-corrected chi connectivity index (χ4v) is 3.80. The molecule has 0 bridgehead atoms. The van der Waals surface area contributed by atoms with E-state index in [0.29, 0.717) is 13.0 Å². The number of carbonyl (C=O) groups is 1. The highest BCUT2D eigenvalue weighted by molar-refractivity contribution is 5.76. The monoisotopic (exact) mass is 410 g/mol. The number of likely N-dealkylation sites (tertiary alicyclic amines) is 1. The van der Waals surface area contributed by atoms with Crippen LogP contribution in [0, 0.1) is 13.8 Å². The Bertz CT molecular complexity index is 812. The first-order valence-electron chi connectivity index (χ1n) is 10.9. The van der Waals surface area contributed by atoms with Gasteiger partial charge in [-0.15, -0.1) is 0 Å². The van der Waals surface area contributed by atoms with Gasteiger partial charge in [0.1, 0.15) is 11.5 Å². The van der Waals surface area contributed by atoms with Crippen molar-refractivity contribution in [2.75, 3.05) is 26.8 Å². The first kappa shape index (κ1) is 22.2. The van der Waals surface area contributed by atoms with Gasteiger partial charge in [-0.25, -0.2) is 0 Å². The van der Waals surface area contributed by atoms with Gasteiger partial charge in [0.25, 0.3) is 0 Å². The molecule has 0 spiro atoms. The smallest absolute Gasteiger partial charge is 0.220 e. The number of amides is 1. The lowest BCUT2D eigenvalue weighted by Crippen LogP contribution is -2.44. The Morgan fingerprint density at radius 1 is 1.10 bits per heavy atom. The van der Waals surface area contributed by atoms with E-state index in [2.05, 4.69) is 47.5 Å². The maximum Gasteiger partial charge on any atom is 0.220 e. The summed E-state index contributed by atoms with van der Waals surface area (Å²) in [6.45, 7) is 7.63. The van der Waals surface area contributed by atoms with Crippen LogP contribution in [0.5, 0.6) is 11.5 Å². The number of aryl methyl sites for hydroxylation is 2. The molecule has 2 aromatic carbocycles. The Morgan fingerprint density at radius 2 is 1.83 bits per heavy atom. The third-order valence-electron chi connectivity index (χ3n) is 5.67. The highest BCUT2D eigenvalue weighted by Gasteiger charge is 2.20. The van der Waals surface area contributed by atoms with Crippen LogP contribution < -0.4 is 14.8 Å². The molecule has 0 aliphatic carbocycles. The summed E-state index contributed by atoms with van der Waals surface area (Å²) in [5, 5.41) is 3.20. The molecule has 5 nitrogen and oxygen atoms in total. The number of rotatable bonds is 9. The summed E-state index contributed by atoms with van der Waals surface area (Å²) in [6, 6.07) is 14.7. The van der Waals surface area contributed by atoms with Gasteiger partial charge in [-0.3, -0.25) is 9.69 Å². The number of carbonyl (C=O) groups excluding carboxylic acids is 1. The van der Waals surface area contributed by atoms with Crippen molar-refractivity contribution in [3.8, 4) is 11.5 Å². The van der Waals surface area contributed by atoms with Gasteiger partial charge in [-0.2, -0.15) is 0 Å². The third kappa shape index (κ3) is 6.77. The topological polar surface area (TPSA) is 50.8 Å². The Hall–Kier alpha value is -2.53. The normalized spacial score (nSPS) is 15.0. The highest BCUT2D eigenvalue weighted by atomic mass is 16.5. The zero-order chi connectivity index (χ0) is 21.3. The van der Waals surface area contributed by atoms with Gasteiger partial charge in [0, 0.05) is 32.1 Å². The highest BCUT2D eigenvalue weighted by Crippen LogP contribution is 2.20. The Balaban J connectivity index is 1.31. The van der Waals surface area contributed by atoms with E-state index < -0.39 is 0 Å². The standard InChI is InChI=1S/C25H34N2O3/c1-19-6-7-20(2)24(17-19)30-16-4-5-25(28)26-22-12-14-27(15-13-22)18-21-8-10-23(29-3)11-9-21/h6-11,17,22H,4-5,12-16,18H2,1-3H3,(H,26,28). The molecular formula is C25H34N2O3. The predicted octanol–water partition coefficient (Wildman–Crippen LogP) is 4.25. The van der Waals surface area contributed by atoms with Gasteiger partial charge < -0.3 is 14.8 Å². The van der Waals surface area contributed by atoms with Gasteiger partial charge >= 0.3 is 0 Å². The maximum atomic E-state index is 12.3. The van der Waals surface area contributed by atoms with E-state index in [0.717, 1.165) is 56.0 Å². The van der Waals surface area contributed by atoms with E-state index in [9.17, 15) is 4.79 Å². The fourth-order valence-electron chi connectivity index (χ4n) is 3.80. The summed E-state index contributed by atoms with van der Waals surface area (Å²) < 4.78 is 11.1. The number of hydrogen-bond acceptors (Lipinski definition) is 4. The second kappa shape index (κ2) is 11.0. The molecular weight excluding hydrogens is 376 g/mol. The number of nitrogens with one attached hydrogen (secondary N) is 1. The largest absolute Gasteiger partial charge is 0.497 e. The van der Waals surface area contributed by atoms with E-state index in [1.54, 1.807) is 7.11 Å². The van der Waals surface area contributed by atoms with E-state index in [1.165, 1.54) is 11.1 Å². The minimum atomic E-state index is 0.133.